The lowest BCUT2D eigenvalue weighted by Crippen LogP contribution is -2.36. The number of nitrogens with zero attached hydrogens (tertiary/aromatic N) is 2. The number of aromatic nitrogens is 1. The van der Waals surface area contributed by atoms with E-state index in [-0.39, 0.29) is 11.7 Å². The molecular weight excluding hydrogens is 374 g/mol. The normalized spacial score (nSPS) is 16.3. The van der Waals surface area contributed by atoms with Gasteiger partial charge in [-0.25, -0.2) is 8.42 Å². The first-order valence-corrected chi connectivity index (χ1v) is 11.2. The smallest absolute Gasteiger partial charge is 0.229 e. The van der Waals surface area contributed by atoms with E-state index >= 15 is 0 Å². The molecule has 1 aromatic carbocycles. The van der Waals surface area contributed by atoms with Crippen molar-refractivity contribution in [1.82, 2.24) is 9.88 Å². The Morgan fingerprint density at radius 1 is 1.21 bits per heavy atom. The number of rotatable bonds is 7. The van der Waals surface area contributed by atoms with Gasteiger partial charge in [-0.05, 0) is 61.8 Å². The molecule has 0 aliphatic carbocycles. The number of pyridine rings is 1. The Kier molecular flexibility index (Phi) is 6.59. The van der Waals surface area contributed by atoms with Crippen molar-refractivity contribution in [3.63, 3.8) is 0 Å². The topological polar surface area (TPSA) is 79.4 Å². The van der Waals surface area contributed by atoms with Crippen LogP contribution in [-0.4, -0.2) is 50.0 Å². The first-order chi connectivity index (χ1) is 13.4. The number of benzene rings is 1. The minimum Gasteiger partial charge on any atom is -0.300 e. The molecule has 1 fully saturated rings. The van der Waals surface area contributed by atoms with E-state index in [2.05, 4.69) is 26.8 Å². The highest BCUT2D eigenvalue weighted by Gasteiger charge is 2.25. The number of nitrogens with one attached hydrogen (secondary N) is 1. The summed E-state index contributed by atoms with van der Waals surface area (Å²) in [7, 11) is -3.31. The van der Waals surface area contributed by atoms with Gasteiger partial charge in [0.05, 0.1) is 6.26 Å². The van der Waals surface area contributed by atoms with Crippen LogP contribution < -0.4 is 4.72 Å². The van der Waals surface area contributed by atoms with Crippen molar-refractivity contribution in [2.24, 2.45) is 5.92 Å². The Morgan fingerprint density at radius 3 is 2.54 bits per heavy atom. The van der Waals surface area contributed by atoms with E-state index < -0.39 is 10.0 Å². The van der Waals surface area contributed by atoms with Crippen molar-refractivity contribution in [1.29, 1.82) is 0 Å². The second-order valence-electron chi connectivity index (χ2n) is 7.08. The summed E-state index contributed by atoms with van der Waals surface area (Å²) in [6.45, 7) is 2.64. The van der Waals surface area contributed by atoms with Crippen LogP contribution in [0.2, 0.25) is 0 Å². The average Bonchev–Trinajstić information content (AvgIpc) is 2.68. The molecule has 1 aliphatic rings. The van der Waals surface area contributed by atoms with Gasteiger partial charge in [0.15, 0.2) is 5.78 Å². The van der Waals surface area contributed by atoms with Crippen LogP contribution in [0.1, 0.15) is 28.8 Å². The van der Waals surface area contributed by atoms with E-state index in [0.717, 1.165) is 44.3 Å². The van der Waals surface area contributed by atoms with Gasteiger partial charge in [-0.15, -0.1) is 0 Å². The Hall–Kier alpha value is -2.51. The van der Waals surface area contributed by atoms with Crippen LogP contribution in [0.25, 0.3) is 6.08 Å². The number of piperidine rings is 1. The Bertz CT molecular complexity index is 917. The van der Waals surface area contributed by atoms with Crippen LogP contribution in [0.15, 0.2) is 54.9 Å². The fourth-order valence-corrected chi connectivity index (χ4v) is 3.91. The number of hydrogen-bond acceptors (Lipinski definition) is 5. The maximum absolute atomic E-state index is 12.7. The Balaban J connectivity index is 1.49. The highest BCUT2D eigenvalue weighted by molar-refractivity contribution is 7.92. The van der Waals surface area contributed by atoms with E-state index in [4.69, 9.17) is 0 Å². The number of ketones is 1. The minimum atomic E-state index is -3.31. The monoisotopic (exact) mass is 399 g/mol. The minimum absolute atomic E-state index is 0.0206. The van der Waals surface area contributed by atoms with Gasteiger partial charge in [-0.2, -0.15) is 0 Å². The SMILES string of the molecule is CS(=O)(=O)Nc1ccc(C(=O)C2CCN(C/C=C/c3cccnc3)CC2)cc1. The highest BCUT2D eigenvalue weighted by Crippen LogP contribution is 2.23. The van der Waals surface area contributed by atoms with Crippen LogP contribution >= 0.6 is 0 Å². The second-order valence-corrected chi connectivity index (χ2v) is 8.83. The fourth-order valence-electron chi connectivity index (χ4n) is 3.34. The zero-order valence-electron chi connectivity index (χ0n) is 15.9. The van der Waals surface area contributed by atoms with E-state index in [1.807, 2.05) is 18.3 Å². The molecule has 0 unspecified atom stereocenters. The van der Waals surface area contributed by atoms with Gasteiger partial charge in [-0.3, -0.25) is 19.4 Å². The van der Waals surface area contributed by atoms with E-state index in [0.29, 0.717) is 11.3 Å². The van der Waals surface area contributed by atoms with Crippen molar-refractivity contribution in [2.75, 3.05) is 30.6 Å². The standard InChI is InChI=1S/C21H25N3O3S/c1-28(26,27)23-20-8-6-18(7-9-20)21(25)19-10-14-24(15-11-19)13-3-5-17-4-2-12-22-16-17/h2-9,12,16,19,23H,10-11,13-15H2,1H3/b5-3+. The van der Waals surface area contributed by atoms with Crippen LogP contribution in [0.5, 0.6) is 0 Å². The zero-order valence-corrected chi connectivity index (χ0v) is 16.7. The second kappa shape index (κ2) is 9.12. The molecule has 2 aromatic rings. The van der Waals surface area contributed by atoms with Gasteiger partial charge in [-0.1, -0.05) is 18.2 Å². The molecule has 3 rings (SSSR count). The first-order valence-electron chi connectivity index (χ1n) is 9.32. The third-order valence-electron chi connectivity index (χ3n) is 4.79. The molecule has 0 spiro atoms. The van der Waals surface area contributed by atoms with Crippen LogP contribution in [-0.2, 0) is 10.0 Å². The first kappa shape index (κ1) is 20.2. The van der Waals surface area contributed by atoms with Gasteiger partial charge in [0, 0.05) is 36.1 Å². The van der Waals surface area contributed by atoms with Crippen molar-refractivity contribution in [3.8, 4) is 0 Å². The largest absolute Gasteiger partial charge is 0.300 e. The Morgan fingerprint density at radius 2 is 1.93 bits per heavy atom. The summed E-state index contributed by atoms with van der Waals surface area (Å²) in [6.07, 6.45) is 10.6. The molecule has 0 radical (unpaired) electrons. The zero-order chi connectivity index (χ0) is 20.0. The summed E-state index contributed by atoms with van der Waals surface area (Å²) in [5, 5.41) is 0. The maximum Gasteiger partial charge on any atom is 0.229 e. The van der Waals surface area contributed by atoms with E-state index in [1.165, 1.54) is 0 Å². The van der Waals surface area contributed by atoms with Gasteiger partial charge in [0.1, 0.15) is 0 Å². The van der Waals surface area contributed by atoms with E-state index in [1.54, 1.807) is 30.5 Å². The van der Waals surface area contributed by atoms with Crippen LogP contribution in [0.3, 0.4) is 0 Å². The number of Topliss-reactive ketones (excluding diaryl/α,β-unsaturated/α-hetero) is 1. The maximum atomic E-state index is 12.7. The molecule has 0 amide bonds. The molecule has 28 heavy (non-hydrogen) atoms. The molecule has 0 bridgehead atoms. The van der Waals surface area contributed by atoms with Gasteiger partial charge in [0.25, 0.3) is 0 Å². The lowest BCUT2D eigenvalue weighted by atomic mass is 9.89. The molecule has 0 saturated carbocycles. The summed E-state index contributed by atoms with van der Waals surface area (Å²) in [6, 6.07) is 10.6. The predicted octanol–water partition coefficient (Wildman–Crippen LogP) is 3.06. The quantitative estimate of drug-likeness (QED) is 0.724. The number of likely N-dealkylation sites (tertiary alicyclic amines) is 1. The van der Waals surface area contributed by atoms with Gasteiger partial charge < -0.3 is 0 Å². The van der Waals surface area contributed by atoms with Crippen molar-refractivity contribution in [2.45, 2.75) is 12.8 Å². The summed E-state index contributed by atoms with van der Waals surface area (Å²) in [4.78, 5) is 19.2. The van der Waals surface area contributed by atoms with Crippen molar-refractivity contribution in [3.05, 3.63) is 66.0 Å². The summed E-state index contributed by atoms with van der Waals surface area (Å²) < 4.78 is 24.9. The van der Waals surface area contributed by atoms with Crippen LogP contribution in [0, 0.1) is 5.92 Å². The summed E-state index contributed by atoms with van der Waals surface area (Å²) in [5.41, 5.74) is 2.18. The molecule has 2 heterocycles. The number of anilines is 1. The molecule has 148 valence electrons. The lowest BCUT2D eigenvalue weighted by Gasteiger charge is -2.30. The third kappa shape index (κ3) is 6.00. The molecule has 1 saturated heterocycles. The average molecular weight is 400 g/mol. The highest BCUT2D eigenvalue weighted by atomic mass is 32.2. The van der Waals surface area contributed by atoms with Gasteiger partial charge in [0.2, 0.25) is 10.0 Å². The van der Waals surface area contributed by atoms with Crippen LogP contribution in [0.4, 0.5) is 5.69 Å². The molecule has 1 N–H and O–H groups in total. The number of sulfonamides is 1. The number of carbonyl (C=O) groups is 1. The molecule has 6 nitrogen and oxygen atoms in total. The van der Waals surface area contributed by atoms with Gasteiger partial charge >= 0.3 is 0 Å². The predicted molar refractivity (Wildman–Crippen MR) is 112 cm³/mol. The van der Waals surface area contributed by atoms with E-state index in [9.17, 15) is 13.2 Å². The van der Waals surface area contributed by atoms with Crippen molar-refractivity contribution < 1.29 is 13.2 Å². The Labute approximate surface area is 166 Å². The third-order valence-corrected chi connectivity index (χ3v) is 5.40. The summed E-state index contributed by atoms with van der Waals surface area (Å²) in [5.74, 6) is 0.156. The molecule has 7 heteroatoms. The summed E-state index contributed by atoms with van der Waals surface area (Å²) >= 11 is 0. The lowest BCUT2D eigenvalue weighted by molar-refractivity contribution is 0.0848. The molecular formula is C21H25N3O3S. The molecule has 1 aliphatic heterocycles. The molecule has 0 atom stereocenters. The molecule has 1 aromatic heterocycles. The van der Waals surface area contributed by atoms with Crippen molar-refractivity contribution >= 4 is 27.6 Å². The number of hydrogen-bond donors (Lipinski definition) is 1. The number of carbonyl (C=O) groups excluding carboxylic acids is 1. The fraction of sp³-hybridized carbons (Fsp3) is 0.333.